The van der Waals surface area contributed by atoms with E-state index >= 15 is 0 Å². The van der Waals surface area contributed by atoms with Crippen molar-refractivity contribution in [1.29, 1.82) is 0 Å². The molecule has 5 heteroatoms. The number of rotatable bonds is 13. The minimum atomic E-state index is -2.18. The van der Waals surface area contributed by atoms with E-state index in [4.69, 9.17) is 9.47 Å². The minimum absolute atomic E-state index is 0.106. The summed E-state index contributed by atoms with van der Waals surface area (Å²) < 4.78 is 14.2. The van der Waals surface area contributed by atoms with Gasteiger partial charge in [0.15, 0.2) is 0 Å². The van der Waals surface area contributed by atoms with Crippen molar-refractivity contribution < 1.29 is 9.47 Å². The Morgan fingerprint density at radius 2 is 1.41 bits per heavy atom. The zero-order chi connectivity index (χ0) is 24.8. The SMILES string of the molecule is CCCCCCc1cc(C2OCC(C)(C)CO2)sc1-c1cc(CCCCCC)[c]([Sn]([CH3])([CH3])[CH3])s1. The van der Waals surface area contributed by atoms with E-state index in [0.29, 0.717) is 0 Å². The van der Waals surface area contributed by atoms with Crippen LogP contribution in [0.15, 0.2) is 12.1 Å². The number of hydrogen-bond acceptors (Lipinski definition) is 4. The first-order valence-corrected chi connectivity index (χ1v) is 25.3. The Morgan fingerprint density at radius 3 is 1.97 bits per heavy atom. The van der Waals surface area contributed by atoms with Crippen molar-refractivity contribution in [3.05, 3.63) is 28.1 Å². The molecule has 0 amide bonds. The van der Waals surface area contributed by atoms with E-state index in [2.05, 4.69) is 66.0 Å². The summed E-state index contributed by atoms with van der Waals surface area (Å²) in [5.74, 6) is 0. The van der Waals surface area contributed by atoms with E-state index in [-0.39, 0.29) is 11.7 Å². The van der Waals surface area contributed by atoms with E-state index in [1.54, 1.807) is 8.46 Å². The van der Waals surface area contributed by atoms with Crippen LogP contribution in [0, 0.1) is 5.41 Å². The summed E-state index contributed by atoms with van der Waals surface area (Å²) in [5, 5.41) is 0. The Balaban J connectivity index is 1.89. The van der Waals surface area contributed by atoms with Gasteiger partial charge >= 0.3 is 223 Å². The van der Waals surface area contributed by atoms with Gasteiger partial charge in [0.2, 0.25) is 0 Å². The predicted molar refractivity (Wildman–Crippen MR) is 155 cm³/mol. The molecule has 0 unspecified atom stereocenters. The number of thiophene rings is 2. The Hall–Kier alpha value is 0.119. The van der Waals surface area contributed by atoms with Crippen LogP contribution in [0.3, 0.4) is 0 Å². The molecule has 2 aromatic heterocycles. The summed E-state index contributed by atoms with van der Waals surface area (Å²) in [6.45, 7) is 10.6. The second kappa shape index (κ2) is 13.1. The summed E-state index contributed by atoms with van der Waals surface area (Å²) in [4.78, 5) is 12.0. The maximum atomic E-state index is 6.19. The quantitative estimate of drug-likeness (QED) is 0.166. The molecule has 1 fully saturated rings. The van der Waals surface area contributed by atoms with Crippen molar-refractivity contribution >= 4 is 43.9 Å². The van der Waals surface area contributed by atoms with E-state index < -0.39 is 18.4 Å². The van der Waals surface area contributed by atoms with E-state index in [0.717, 1.165) is 13.2 Å². The van der Waals surface area contributed by atoms with Gasteiger partial charge in [-0.2, -0.15) is 0 Å². The molecule has 0 aliphatic carbocycles. The molecule has 0 radical (unpaired) electrons. The van der Waals surface area contributed by atoms with Crippen LogP contribution in [0.4, 0.5) is 0 Å². The second-order valence-electron chi connectivity index (χ2n) is 12.0. The molecule has 2 aromatic rings. The maximum absolute atomic E-state index is 6.19. The van der Waals surface area contributed by atoms with Crippen LogP contribution >= 0.6 is 22.7 Å². The number of ether oxygens (including phenoxy) is 2. The van der Waals surface area contributed by atoms with Crippen LogP contribution in [-0.2, 0) is 22.3 Å². The Kier molecular flexibility index (Phi) is 11.0. The van der Waals surface area contributed by atoms with Crippen molar-refractivity contribution in [2.24, 2.45) is 5.41 Å². The van der Waals surface area contributed by atoms with Gasteiger partial charge in [-0.3, -0.25) is 0 Å². The van der Waals surface area contributed by atoms with E-state index in [1.165, 1.54) is 84.4 Å². The average molecular weight is 612 g/mol. The Morgan fingerprint density at radius 1 is 0.824 bits per heavy atom. The molecular formula is C29H48O2S2Sn. The van der Waals surface area contributed by atoms with Gasteiger partial charge in [0.05, 0.1) is 0 Å². The fraction of sp³-hybridized carbons (Fsp3) is 0.724. The fourth-order valence-electron chi connectivity index (χ4n) is 4.66. The zero-order valence-corrected chi connectivity index (χ0v) is 27.3. The van der Waals surface area contributed by atoms with E-state index in [9.17, 15) is 0 Å². The first-order chi connectivity index (χ1) is 16.1. The summed E-state index contributed by atoms with van der Waals surface area (Å²) in [5.41, 5.74) is 3.29. The molecule has 0 saturated carbocycles. The zero-order valence-electron chi connectivity index (χ0n) is 22.9. The third-order valence-electron chi connectivity index (χ3n) is 6.62. The summed E-state index contributed by atoms with van der Waals surface area (Å²) in [6.07, 6.45) is 12.8. The van der Waals surface area contributed by atoms with Crippen LogP contribution in [0.1, 0.15) is 101 Å². The third kappa shape index (κ3) is 8.06. The summed E-state index contributed by atoms with van der Waals surface area (Å²) >= 11 is 1.87. The van der Waals surface area contributed by atoms with Crippen molar-refractivity contribution in [3.8, 4) is 9.75 Å². The summed E-state index contributed by atoms with van der Waals surface area (Å²) in [7, 11) is 0. The van der Waals surface area contributed by atoms with Crippen molar-refractivity contribution in [3.63, 3.8) is 0 Å². The van der Waals surface area contributed by atoms with Gasteiger partial charge in [-0.05, 0) is 0 Å². The predicted octanol–water partition coefficient (Wildman–Crippen LogP) is 9.34. The molecule has 1 aliphatic rings. The van der Waals surface area contributed by atoms with Gasteiger partial charge in [0.1, 0.15) is 0 Å². The Bertz CT molecular complexity index is 881. The van der Waals surface area contributed by atoms with Crippen molar-refractivity contribution in [1.82, 2.24) is 0 Å². The Labute approximate surface area is 221 Å². The first-order valence-electron chi connectivity index (χ1n) is 13.6. The van der Waals surface area contributed by atoms with Crippen molar-refractivity contribution in [2.45, 2.75) is 113 Å². The van der Waals surface area contributed by atoms with Gasteiger partial charge < -0.3 is 0 Å². The number of hydrogen-bond donors (Lipinski definition) is 0. The van der Waals surface area contributed by atoms with Crippen molar-refractivity contribution in [2.75, 3.05) is 13.2 Å². The topological polar surface area (TPSA) is 18.5 Å². The molecule has 34 heavy (non-hydrogen) atoms. The molecule has 0 atom stereocenters. The molecule has 1 saturated heterocycles. The van der Waals surface area contributed by atoms with Gasteiger partial charge in [0.25, 0.3) is 0 Å². The normalized spacial score (nSPS) is 16.9. The standard InChI is InChI=1S/C26H39O2S2.3CH3.Sn/c1-5-7-9-11-13-20-15-22(29-17-20)24-21(14-12-10-8-6-2)16-23(30-24)25-27-18-26(3,4)19-28-25;;;;/h15-16,25H,5-14,18-19H2,1-4H3;3*1H3;. The first kappa shape index (κ1) is 28.7. The third-order valence-corrected chi connectivity index (χ3v) is 18.8. The molecule has 0 aromatic carbocycles. The monoisotopic (exact) mass is 612 g/mol. The van der Waals surface area contributed by atoms with Gasteiger partial charge in [0, 0.05) is 0 Å². The molecule has 0 spiro atoms. The molecule has 192 valence electrons. The van der Waals surface area contributed by atoms with Gasteiger partial charge in [-0.1, -0.05) is 0 Å². The number of unbranched alkanes of at least 4 members (excludes halogenated alkanes) is 6. The average Bonchev–Trinajstić information content (AvgIpc) is 3.39. The van der Waals surface area contributed by atoms with E-state index in [1.807, 2.05) is 11.3 Å². The van der Waals surface area contributed by atoms with Crippen LogP contribution in [0.2, 0.25) is 14.8 Å². The molecule has 3 heterocycles. The second-order valence-corrected chi connectivity index (χ2v) is 29.4. The molecule has 0 bridgehead atoms. The molecule has 2 nitrogen and oxygen atoms in total. The van der Waals surface area contributed by atoms with Crippen LogP contribution in [0.25, 0.3) is 9.75 Å². The fourth-order valence-corrected chi connectivity index (χ4v) is 14.2. The van der Waals surface area contributed by atoms with Gasteiger partial charge in [-0.15, -0.1) is 0 Å². The van der Waals surface area contributed by atoms with Crippen LogP contribution in [-0.4, -0.2) is 31.6 Å². The molecule has 1 aliphatic heterocycles. The van der Waals surface area contributed by atoms with Crippen LogP contribution < -0.4 is 2.89 Å². The number of aryl methyl sites for hydroxylation is 2. The summed E-state index contributed by atoms with van der Waals surface area (Å²) in [6, 6.07) is 4.99. The van der Waals surface area contributed by atoms with Gasteiger partial charge in [-0.25, -0.2) is 0 Å². The molecule has 3 rings (SSSR count). The van der Waals surface area contributed by atoms with Crippen LogP contribution in [0.5, 0.6) is 0 Å². The molecular weight excluding hydrogens is 563 g/mol. The molecule has 0 N–H and O–H groups in total.